The zero-order valence-electron chi connectivity index (χ0n) is 11.4. The molecule has 0 spiro atoms. The minimum atomic E-state index is -0.901. The second-order valence-electron chi connectivity index (χ2n) is 5.19. The first kappa shape index (κ1) is 15.0. The molecule has 104 valence electrons. The standard InChI is InChI=1S/C14H19NO4/c1-14(2,9-13(17)18)8-12(16)15-10-4-6-11(19-3)7-5-10/h4-7H,8-9H2,1-3H3,(H,15,16)(H,17,18). The van der Waals surface area contributed by atoms with Crippen LogP contribution in [-0.4, -0.2) is 24.1 Å². The molecule has 0 unspecified atom stereocenters. The number of carbonyl (C=O) groups excluding carboxylic acids is 1. The smallest absolute Gasteiger partial charge is 0.303 e. The Kier molecular flexibility index (Phi) is 4.92. The molecule has 0 aliphatic rings. The highest BCUT2D eigenvalue weighted by Gasteiger charge is 2.25. The SMILES string of the molecule is COc1ccc(NC(=O)CC(C)(C)CC(=O)O)cc1. The van der Waals surface area contributed by atoms with E-state index in [9.17, 15) is 9.59 Å². The number of methoxy groups -OCH3 is 1. The van der Waals surface area contributed by atoms with Gasteiger partial charge < -0.3 is 15.2 Å². The molecule has 0 aliphatic carbocycles. The summed E-state index contributed by atoms with van der Waals surface area (Å²) in [7, 11) is 1.57. The number of hydrogen-bond acceptors (Lipinski definition) is 3. The van der Waals surface area contributed by atoms with E-state index >= 15 is 0 Å². The lowest BCUT2D eigenvalue weighted by Crippen LogP contribution is -2.24. The number of carbonyl (C=O) groups is 2. The summed E-state index contributed by atoms with van der Waals surface area (Å²) in [5.41, 5.74) is 0.0967. The van der Waals surface area contributed by atoms with Crippen LogP contribution in [0.15, 0.2) is 24.3 Å². The zero-order valence-corrected chi connectivity index (χ0v) is 11.4. The van der Waals surface area contributed by atoms with Gasteiger partial charge in [-0.3, -0.25) is 9.59 Å². The van der Waals surface area contributed by atoms with Crippen LogP contribution in [0.5, 0.6) is 5.75 Å². The van der Waals surface area contributed by atoms with Crippen LogP contribution in [0, 0.1) is 5.41 Å². The van der Waals surface area contributed by atoms with Crippen molar-refractivity contribution in [2.24, 2.45) is 5.41 Å². The Morgan fingerprint density at radius 3 is 2.26 bits per heavy atom. The van der Waals surface area contributed by atoms with Crippen LogP contribution in [0.25, 0.3) is 0 Å². The van der Waals surface area contributed by atoms with Gasteiger partial charge in [0.05, 0.1) is 13.5 Å². The first-order chi connectivity index (χ1) is 8.82. The molecule has 0 fully saturated rings. The molecule has 19 heavy (non-hydrogen) atoms. The Balaban J connectivity index is 2.56. The van der Waals surface area contributed by atoms with Crippen LogP contribution in [-0.2, 0) is 9.59 Å². The lowest BCUT2D eigenvalue weighted by atomic mass is 9.85. The third-order valence-corrected chi connectivity index (χ3v) is 2.64. The third kappa shape index (κ3) is 5.42. The normalized spacial score (nSPS) is 10.9. The van der Waals surface area contributed by atoms with Gasteiger partial charge in [0, 0.05) is 12.1 Å². The number of amides is 1. The van der Waals surface area contributed by atoms with E-state index in [1.807, 2.05) is 0 Å². The highest BCUT2D eigenvalue weighted by Crippen LogP contribution is 2.25. The Morgan fingerprint density at radius 1 is 1.21 bits per heavy atom. The Bertz CT molecular complexity index is 451. The number of benzene rings is 1. The Hall–Kier alpha value is -2.04. The second-order valence-corrected chi connectivity index (χ2v) is 5.19. The quantitative estimate of drug-likeness (QED) is 0.828. The van der Waals surface area contributed by atoms with Crippen molar-refractivity contribution >= 4 is 17.6 Å². The van der Waals surface area contributed by atoms with Gasteiger partial charge in [-0.25, -0.2) is 0 Å². The number of hydrogen-bond donors (Lipinski definition) is 2. The monoisotopic (exact) mass is 265 g/mol. The summed E-state index contributed by atoms with van der Waals surface area (Å²) in [4.78, 5) is 22.5. The maximum absolute atomic E-state index is 11.8. The van der Waals surface area contributed by atoms with E-state index in [1.54, 1.807) is 45.2 Å². The van der Waals surface area contributed by atoms with Crippen molar-refractivity contribution in [1.29, 1.82) is 0 Å². The maximum atomic E-state index is 11.8. The van der Waals surface area contributed by atoms with Gasteiger partial charge in [0.1, 0.15) is 5.75 Å². The van der Waals surface area contributed by atoms with Crippen LogP contribution < -0.4 is 10.1 Å². The van der Waals surface area contributed by atoms with Gasteiger partial charge >= 0.3 is 5.97 Å². The zero-order chi connectivity index (χ0) is 14.5. The van der Waals surface area contributed by atoms with Gasteiger partial charge in [0.25, 0.3) is 0 Å². The lowest BCUT2D eigenvalue weighted by molar-refractivity contribution is -0.139. The molecule has 0 aromatic heterocycles. The van der Waals surface area contributed by atoms with Crippen LogP contribution in [0.3, 0.4) is 0 Å². The fourth-order valence-corrected chi connectivity index (χ4v) is 1.79. The number of nitrogens with one attached hydrogen (secondary N) is 1. The average molecular weight is 265 g/mol. The van der Waals surface area contributed by atoms with Crippen molar-refractivity contribution in [1.82, 2.24) is 0 Å². The fraction of sp³-hybridized carbons (Fsp3) is 0.429. The second kappa shape index (κ2) is 6.22. The molecule has 0 radical (unpaired) electrons. The van der Waals surface area contributed by atoms with Crippen molar-refractivity contribution in [3.63, 3.8) is 0 Å². The van der Waals surface area contributed by atoms with Crippen molar-refractivity contribution in [3.8, 4) is 5.75 Å². The average Bonchev–Trinajstić information content (AvgIpc) is 2.27. The van der Waals surface area contributed by atoms with Gasteiger partial charge in [-0.15, -0.1) is 0 Å². The van der Waals surface area contributed by atoms with E-state index in [0.29, 0.717) is 11.4 Å². The number of anilines is 1. The largest absolute Gasteiger partial charge is 0.497 e. The molecule has 1 amide bonds. The summed E-state index contributed by atoms with van der Waals surface area (Å²) in [5, 5.41) is 11.5. The van der Waals surface area contributed by atoms with Crippen LogP contribution in [0.1, 0.15) is 26.7 Å². The Morgan fingerprint density at radius 2 is 1.79 bits per heavy atom. The Labute approximate surface area is 112 Å². The molecule has 0 heterocycles. The molecule has 0 aliphatic heterocycles. The van der Waals surface area contributed by atoms with E-state index in [2.05, 4.69) is 5.32 Å². The van der Waals surface area contributed by atoms with Gasteiger partial charge in [-0.2, -0.15) is 0 Å². The van der Waals surface area contributed by atoms with E-state index in [0.717, 1.165) is 0 Å². The summed E-state index contributed by atoms with van der Waals surface area (Å²) in [5.74, 6) is -0.386. The molecule has 0 bridgehead atoms. The van der Waals surface area contributed by atoms with Gasteiger partial charge in [0.15, 0.2) is 0 Å². The molecule has 0 atom stereocenters. The van der Waals surface area contributed by atoms with Crippen molar-refractivity contribution in [3.05, 3.63) is 24.3 Å². The van der Waals surface area contributed by atoms with E-state index < -0.39 is 11.4 Å². The maximum Gasteiger partial charge on any atom is 0.303 e. The van der Waals surface area contributed by atoms with Gasteiger partial charge in [-0.1, -0.05) is 13.8 Å². The molecule has 5 heteroatoms. The molecule has 1 rings (SSSR count). The molecule has 5 nitrogen and oxygen atoms in total. The summed E-state index contributed by atoms with van der Waals surface area (Å²) in [6, 6.07) is 6.97. The van der Waals surface area contributed by atoms with Gasteiger partial charge in [-0.05, 0) is 29.7 Å². The minimum Gasteiger partial charge on any atom is -0.497 e. The third-order valence-electron chi connectivity index (χ3n) is 2.64. The van der Waals surface area contributed by atoms with Crippen LogP contribution >= 0.6 is 0 Å². The molecule has 0 saturated carbocycles. The lowest BCUT2D eigenvalue weighted by Gasteiger charge is -2.21. The van der Waals surface area contributed by atoms with Crippen molar-refractivity contribution in [2.75, 3.05) is 12.4 Å². The first-order valence-electron chi connectivity index (χ1n) is 5.98. The summed E-state index contributed by atoms with van der Waals surface area (Å²) in [6.45, 7) is 3.52. The molecular weight excluding hydrogens is 246 g/mol. The van der Waals surface area contributed by atoms with E-state index in [1.165, 1.54) is 0 Å². The molecule has 0 saturated heterocycles. The van der Waals surface area contributed by atoms with Gasteiger partial charge in [0.2, 0.25) is 5.91 Å². The highest BCUT2D eigenvalue weighted by atomic mass is 16.5. The number of ether oxygens (including phenoxy) is 1. The molecule has 2 N–H and O–H groups in total. The molecule has 1 aromatic carbocycles. The van der Waals surface area contributed by atoms with Crippen molar-refractivity contribution < 1.29 is 19.4 Å². The van der Waals surface area contributed by atoms with Crippen LogP contribution in [0.2, 0.25) is 0 Å². The minimum absolute atomic E-state index is 0.0387. The topological polar surface area (TPSA) is 75.6 Å². The number of aliphatic carboxylic acids is 1. The van der Waals surface area contributed by atoms with E-state index in [4.69, 9.17) is 9.84 Å². The number of rotatable bonds is 6. The fourth-order valence-electron chi connectivity index (χ4n) is 1.79. The van der Waals surface area contributed by atoms with Crippen molar-refractivity contribution in [2.45, 2.75) is 26.7 Å². The summed E-state index contributed by atoms with van der Waals surface area (Å²) >= 11 is 0. The summed E-state index contributed by atoms with van der Waals surface area (Å²) < 4.78 is 5.02. The van der Waals surface area contributed by atoms with E-state index in [-0.39, 0.29) is 18.7 Å². The number of carboxylic acids is 1. The molecular formula is C14H19NO4. The highest BCUT2D eigenvalue weighted by molar-refractivity contribution is 5.91. The van der Waals surface area contributed by atoms with Crippen LogP contribution in [0.4, 0.5) is 5.69 Å². The predicted molar refractivity (Wildman–Crippen MR) is 72.3 cm³/mol. The predicted octanol–water partition coefficient (Wildman–Crippen LogP) is 2.52. The summed E-state index contributed by atoms with van der Waals surface area (Å²) in [6.07, 6.45) is 0.119. The number of carboxylic acid groups (broad SMARTS) is 1. The first-order valence-corrected chi connectivity index (χ1v) is 5.98. The molecule has 1 aromatic rings.